The number of hydrogen-bond acceptors (Lipinski definition) is 6. The van der Waals surface area contributed by atoms with Crippen LogP contribution in [-0.4, -0.2) is 7.11 Å². The van der Waals surface area contributed by atoms with Crippen LogP contribution >= 0.6 is 0 Å². The first kappa shape index (κ1) is 87.3. The molecular formula is C90H124F3N3O5. The average molecular weight is 1380 g/mol. The minimum Gasteiger partial charge on any atom is -0.497 e. The molecule has 2 aromatic heterocycles. The molecular weight excluding hydrogens is 1260 g/mol. The minimum atomic E-state index is -4.24. The van der Waals surface area contributed by atoms with Gasteiger partial charge < -0.3 is 13.6 Å². The molecule has 0 atom stereocenters. The zero-order valence-electron chi connectivity index (χ0n) is 66.7. The zero-order chi connectivity index (χ0) is 76.8. The fraction of sp³-hybridized carbons (Fsp3) is 0.489. The second-order valence-corrected chi connectivity index (χ2v) is 35.1. The molecule has 2 heterocycles. The lowest BCUT2D eigenvalue weighted by Crippen LogP contribution is -2.22. The summed E-state index contributed by atoms with van der Waals surface area (Å²) in [5.41, 5.74) is 17.8. The third kappa shape index (κ3) is 30.7. The largest absolute Gasteiger partial charge is 0.497 e. The summed E-state index contributed by atoms with van der Waals surface area (Å²) >= 11 is 0. The summed E-state index contributed by atoms with van der Waals surface area (Å²) < 4.78 is 52.3. The lowest BCUT2D eigenvalue weighted by Gasteiger charge is -2.33. The molecule has 1 fully saturated rings. The molecule has 1 aliphatic rings. The van der Waals surface area contributed by atoms with Crippen molar-refractivity contribution in [1.29, 1.82) is 0 Å². The maximum absolute atomic E-state index is 12.2. The molecule has 0 aliphatic heterocycles. The number of hydrogen-bond donors (Lipinski definition) is 0. The van der Waals surface area contributed by atoms with Gasteiger partial charge in [0, 0.05) is 32.5 Å². The Hall–Kier alpha value is -7.88. The van der Waals surface area contributed by atoms with Crippen LogP contribution in [0, 0.1) is 23.7 Å². The Bertz CT molecular complexity index is 4110. The van der Waals surface area contributed by atoms with Crippen LogP contribution in [0.5, 0.6) is 5.75 Å². The molecule has 0 bridgehead atoms. The number of methoxy groups -OCH3 is 1. The summed E-state index contributed by atoms with van der Waals surface area (Å²) in [6.45, 7) is 55.8. The molecule has 1 aliphatic carbocycles. The molecule has 0 radical (unpaired) electrons. The van der Waals surface area contributed by atoms with Crippen LogP contribution in [-0.2, 0) is 38.7 Å². The van der Waals surface area contributed by atoms with E-state index >= 15 is 0 Å². The quantitative estimate of drug-likeness (QED) is 0.0755. The van der Waals surface area contributed by atoms with Gasteiger partial charge in [-0.15, -0.1) is 0 Å². The van der Waals surface area contributed by atoms with Crippen molar-refractivity contribution in [2.75, 3.05) is 7.11 Å². The van der Waals surface area contributed by atoms with E-state index in [1.807, 2.05) is 160 Å². The number of nitrogens with zero attached hydrogens (tertiary/aromatic N) is 3. The molecule has 7 aromatic carbocycles. The first-order valence-corrected chi connectivity index (χ1v) is 35.9. The second-order valence-electron chi connectivity index (χ2n) is 35.1. The van der Waals surface area contributed by atoms with E-state index in [1.54, 1.807) is 7.11 Å². The zero-order valence-corrected chi connectivity index (χ0v) is 66.7. The van der Waals surface area contributed by atoms with Crippen LogP contribution in [0.1, 0.15) is 263 Å². The van der Waals surface area contributed by atoms with Gasteiger partial charge in [-0.1, -0.05) is 325 Å². The van der Waals surface area contributed by atoms with Gasteiger partial charge in [-0.25, -0.2) is 9.59 Å². The highest BCUT2D eigenvalue weighted by Gasteiger charge is 2.31. The van der Waals surface area contributed by atoms with Crippen molar-refractivity contribution in [1.82, 2.24) is 0 Å². The molecule has 101 heavy (non-hydrogen) atoms. The minimum absolute atomic E-state index is 0.0186. The molecule has 8 nitrogen and oxygen atoms in total. The van der Waals surface area contributed by atoms with Crippen LogP contribution in [0.25, 0.3) is 43.2 Å². The van der Waals surface area contributed by atoms with Gasteiger partial charge in [0.05, 0.1) is 12.7 Å². The Balaban J connectivity index is 0.000000303. The van der Waals surface area contributed by atoms with Crippen molar-refractivity contribution in [3.63, 3.8) is 0 Å². The Morgan fingerprint density at radius 3 is 1.27 bits per heavy atom. The normalized spacial score (nSPS) is 13.0. The number of aryl methyl sites for hydroxylation is 1. The predicted octanol–water partition coefficient (Wildman–Crippen LogP) is 28.0. The summed E-state index contributed by atoms with van der Waals surface area (Å²) in [7, 11) is 1.69. The van der Waals surface area contributed by atoms with Gasteiger partial charge in [0.1, 0.15) is 16.9 Å². The number of rotatable bonds is 3. The SMILES string of the molecule is CC(C)(C)C1CCCCC1.CC(C)(C)c1cc2ccccc2oc1=O.CC(C)(C)c1ccc(C(F)(F)F)cc1.CC(C)(C)c1ccc2ccccc2c1.CC(C)(C)c1ccccc1N=[N+]=[N-].CCCC(C)(C)C.COc1ccc(C(C)(C)C)cc1.Cc1ccc2cc(C(C)(C)C)c(=O)oc2c1. The van der Waals surface area contributed by atoms with E-state index in [0.29, 0.717) is 22.0 Å². The number of halogens is 3. The van der Waals surface area contributed by atoms with Gasteiger partial charge in [0.25, 0.3) is 0 Å². The van der Waals surface area contributed by atoms with E-state index in [0.717, 1.165) is 68.1 Å². The summed E-state index contributed by atoms with van der Waals surface area (Å²) in [5.74, 6) is 1.92. The third-order valence-electron chi connectivity index (χ3n) is 17.5. The second kappa shape index (κ2) is 37.3. The fourth-order valence-electron chi connectivity index (χ4n) is 11.2. The summed E-state index contributed by atoms with van der Waals surface area (Å²) in [4.78, 5) is 26.3. The van der Waals surface area contributed by atoms with Gasteiger partial charge in [-0.2, -0.15) is 13.2 Å². The number of benzene rings is 7. The molecule has 0 N–H and O–H groups in total. The van der Waals surface area contributed by atoms with Crippen LogP contribution in [0.4, 0.5) is 18.9 Å². The Morgan fingerprint density at radius 2 is 0.851 bits per heavy atom. The van der Waals surface area contributed by atoms with Crippen molar-refractivity contribution >= 4 is 38.4 Å². The summed E-state index contributed by atoms with van der Waals surface area (Å²) in [5, 5.41) is 8.26. The van der Waals surface area contributed by atoms with Gasteiger partial charge in [-0.3, -0.25) is 0 Å². The van der Waals surface area contributed by atoms with Crippen LogP contribution in [0.2, 0.25) is 0 Å². The van der Waals surface area contributed by atoms with Crippen LogP contribution in [0.3, 0.4) is 0 Å². The Labute approximate surface area is 606 Å². The molecule has 10 rings (SSSR count). The first-order chi connectivity index (χ1) is 46.4. The Morgan fingerprint density at radius 1 is 0.446 bits per heavy atom. The maximum atomic E-state index is 12.2. The molecule has 0 saturated heterocycles. The molecule has 0 amide bonds. The number of fused-ring (bicyclic) bond motifs is 3. The number of para-hydroxylation sites is 1. The molecule has 550 valence electrons. The molecule has 1 saturated carbocycles. The average Bonchev–Trinajstić information content (AvgIpc) is 0.815. The van der Waals surface area contributed by atoms with E-state index in [-0.39, 0.29) is 43.7 Å². The van der Waals surface area contributed by atoms with E-state index < -0.39 is 11.7 Å². The molecule has 9 aromatic rings. The van der Waals surface area contributed by atoms with Crippen molar-refractivity contribution in [2.45, 2.75) is 264 Å². The highest BCUT2D eigenvalue weighted by atomic mass is 19.4. The summed E-state index contributed by atoms with van der Waals surface area (Å²) in [6.07, 6.45) is 5.79. The van der Waals surface area contributed by atoms with Crippen molar-refractivity contribution in [3.05, 3.63) is 246 Å². The van der Waals surface area contributed by atoms with Gasteiger partial charge in [0.2, 0.25) is 0 Å². The van der Waals surface area contributed by atoms with Crippen molar-refractivity contribution in [2.24, 2.45) is 21.9 Å². The molecule has 0 spiro atoms. The number of ether oxygens (including phenoxy) is 1. The first-order valence-electron chi connectivity index (χ1n) is 35.9. The van der Waals surface area contributed by atoms with E-state index in [4.69, 9.17) is 19.1 Å². The predicted molar refractivity (Wildman–Crippen MR) is 426 cm³/mol. The van der Waals surface area contributed by atoms with Crippen molar-refractivity contribution < 1.29 is 26.7 Å². The van der Waals surface area contributed by atoms with E-state index in [2.05, 4.69) is 175 Å². The topological polar surface area (TPSA) is 118 Å². The Kier molecular flexibility index (Phi) is 32.3. The smallest absolute Gasteiger partial charge is 0.416 e. The van der Waals surface area contributed by atoms with Gasteiger partial charge in [-0.05, 0) is 168 Å². The van der Waals surface area contributed by atoms with Crippen LogP contribution in [0.15, 0.2) is 193 Å². The molecule has 0 unspecified atom stereocenters. The number of azide groups is 1. The lowest BCUT2D eigenvalue weighted by atomic mass is 9.72. The number of alkyl halides is 3. The van der Waals surface area contributed by atoms with Gasteiger partial charge in [0.15, 0.2) is 0 Å². The fourth-order valence-corrected chi connectivity index (χ4v) is 11.2. The van der Waals surface area contributed by atoms with E-state index in [9.17, 15) is 22.8 Å². The lowest BCUT2D eigenvalue weighted by molar-refractivity contribution is -0.137. The monoisotopic (exact) mass is 1380 g/mol. The van der Waals surface area contributed by atoms with Gasteiger partial charge >= 0.3 is 17.4 Å². The highest BCUT2D eigenvalue weighted by Crippen LogP contribution is 2.38. The van der Waals surface area contributed by atoms with E-state index in [1.165, 1.54) is 79.0 Å². The standard InChI is InChI=1S/C14H16O2.C14H16.C13H14O2.C11H13F3.C11H16O.C10H13N3.C10H20.C7H16/c1-9-5-6-10-8-11(14(2,3)4)13(15)16-12(10)7-9;1-14(2,3)13-9-8-11-6-4-5-7-12(11)10-13;1-13(2,3)10-8-9-6-4-5-7-11(9)15-12(10)14;1-10(2,3)8-4-6-9(7-5-8)11(12,13)14;1-11(2,3)9-5-7-10(12-4)8-6-9;1-10(2,3)8-6-4-5-7-9(8)12-13-11;1-10(2,3)9-7-5-4-6-8-9;1-5-6-7(2,3)4/h5-8H,1-4H3;4-10H,1-3H3;4-8H,1-3H3;4-7H,1-3H3;5-8H,1-4H3;4-7H,1-3H3;9H,4-8H2,1-3H3;5-6H2,1-4H3. The van der Waals surface area contributed by atoms with Crippen molar-refractivity contribution in [3.8, 4) is 5.75 Å². The molecule has 11 heteroatoms. The summed E-state index contributed by atoms with van der Waals surface area (Å²) in [6, 6.07) is 53.7. The highest BCUT2D eigenvalue weighted by molar-refractivity contribution is 5.83. The third-order valence-corrected chi connectivity index (χ3v) is 17.5. The maximum Gasteiger partial charge on any atom is 0.416 e. The van der Waals surface area contributed by atoms with Crippen LogP contribution < -0.4 is 16.0 Å².